The summed E-state index contributed by atoms with van der Waals surface area (Å²) in [6.45, 7) is 0. The van der Waals surface area contributed by atoms with Crippen LogP contribution in [0, 0.1) is 5.82 Å². The number of aliphatic carboxylic acids is 1. The smallest absolute Gasteiger partial charge is 0.303 e. The first-order chi connectivity index (χ1) is 11.0. The Labute approximate surface area is 132 Å². The highest BCUT2D eigenvalue weighted by atomic mass is 19.1. The van der Waals surface area contributed by atoms with Crippen LogP contribution < -0.4 is 4.74 Å². The lowest BCUT2D eigenvalue weighted by molar-refractivity contribution is -0.136. The normalized spacial score (nSPS) is 11.3. The highest BCUT2D eigenvalue weighted by Crippen LogP contribution is 2.26. The molecule has 0 atom stereocenters. The Morgan fingerprint density at radius 1 is 1.17 bits per heavy atom. The molecule has 0 fully saturated rings. The lowest BCUT2D eigenvalue weighted by Gasteiger charge is -2.08. The standard InChI is InChI=1S/C17H16FNO4/c1-23-13-5-2-11(3-6-13)14-7-4-12(10-15(14)18)16(19-22)8-9-17(20)21/h2-7,10,22H,8-9H2,1H3,(H,20,21)/b19-16+. The molecule has 0 bridgehead atoms. The Morgan fingerprint density at radius 2 is 1.87 bits per heavy atom. The van der Waals surface area contributed by atoms with Crippen LogP contribution in [0.25, 0.3) is 11.1 Å². The third kappa shape index (κ3) is 4.06. The number of ether oxygens (including phenoxy) is 1. The van der Waals surface area contributed by atoms with Crippen molar-refractivity contribution in [2.24, 2.45) is 5.16 Å². The molecule has 0 amide bonds. The molecule has 2 aromatic rings. The van der Waals surface area contributed by atoms with Gasteiger partial charge in [-0.1, -0.05) is 29.4 Å². The SMILES string of the molecule is COc1ccc(-c2ccc(/C(CCC(=O)O)=N/O)cc2F)cc1. The van der Waals surface area contributed by atoms with E-state index in [2.05, 4.69) is 5.16 Å². The zero-order valence-electron chi connectivity index (χ0n) is 12.5. The summed E-state index contributed by atoms with van der Waals surface area (Å²) in [4.78, 5) is 10.6. The minimum absolute atomic E-state index is 0.0210. The Morgan fingerprint density at radius 3 is 2.39 bits per heavy atom. The average molecular weight is 317 g/mol. The van der Waals surface area contributed by atoms with E-state index in [0.717, 1.165) is 0 Å². The molecule has 0 aliphatic heterocycles. The number of nitrogens with zero attached hydrogens (tertiary/aromatic N) is 1. The Kier molecular flexibility index (Phi) is 5.30. The van der Waals surface area contributed by atoms with Crippen molar-refractivity contribution >= 4 is 11.7 Å². The maximum Gasteiger partial charge on any atom is 0.303 e. The predicted octanol–water partition coefficient (Wildman–Crippen LogP) is 3.54. The molecule has 5 nitrogen and oxygen atoms in total. The number of carbonyl (C=O) groups is 1. The fraction of sp³-hybridized carbons (Fsp3) is 0.176. The molecule has 0 saturated carbocycles. The molecule has 0 unspecified atom stereocenters. The van der Waals surface area contributed by atoms with Gasteiger partial charge >= 0.3 is 5.97 Å². The molecular formula is C17H16FNO4. The van der Waals surface area contributed by atoms with Crippen LogP contribution in [-0.4, -0.2) is 29.1 Å². The van der Waals surface area contributed by atoms with Crippen molar-refractivity contribution < 1.29 is 24.2 Å². The molecule has 0 heterocycles. The van der Waals surface area contributed by atoms with E-state index in [1.165, 1.54) is 6.07 Å². The van der Waals surface area contributed by atoms with Gasteiger partial charge in [0.25, 0.3) is 0 Å². The summed E-state index contributed by atoms with van der Waals surface area (Å²) < 4.78 is 19.4. The molecule has 2 aromatic carbocycles. The van der Waals surface area contributed by atoms with Gasteiger partial charge < -0.3 is 15.1 Å². The lowest BCUT2D eigenvalue weighted by Crippen LogP contribution is -2.06. The Hall–Kier alpha value is -2.89. The molecule has 6 heteroatoms. The first-order valence-corrected chi connectivity index (χ1v) is 6.92. The molecule has 0 aromatic heterocycles. The van der Waals surface area contributed by atoms with E-state index in [4.69, 9.17) is 15.1 Å². The second-order valence-corrected chi connectivity index (χ2v) is 4.86. The molecule has 23 heavy (non-hydrogen) atoms. The second kappa shape index (κ2) is 7.40. The first kappa shape index (κ1) is 16.5. The number of hydrogen-bond acceptors (Lipinski definition) is 4. The molecule has 2 N–H and O–H groups in total. The predicted molar refractivity (Wildman–Crippen MR) is 83.6 cm³/mol. The largest absolute Gasteiger partial charge is 0.497 e. The summed E-state index contributed by atoms with van der Waals surface area (Å²) in [7, 11) is 1.55. The summed E-state index contributed by atoms with van der Waals surface area (Å²) in [5.41, 5.74) is 1.56. The van der Waals surface area contributed by atoms with E-state index in [9.17, 15) is 9.18 Å². The minimum Gasteiger partial charge on any atom is -0.497 e. The van der Waals surface area contributed by atoms with E-state index < -0.39 is 11.8 Å². The van der Waals surface area contributed by atoms with Crippen molar-refractivity contribution in [2.75, 3.05) is 7.11 Å². The number of rotatable bonds is 6. The number of methoxy groups -OCH3 is 1. The fourth-order valence-corrected chi connectivity index (χ4v) is 2.18. The van der Waals surface area contributed by atoms with Gasteiger partial charge in [0.15, 0.2) is 0 Å². The molecule has 0 aliphatic rings. The number of oxime groups is 1. The van der Waals surface area contributed by atoms with Crippen LogP contribution in [0.5, 0.6) is 5.75 Å². The fourth-order valence-electron chi connectivity index (χ4n) is 2.18. The number of hydrogen-bond donors (Lipinski definition) is 2. The highest BCUT2D eigenvalue weighted by molar-refractivity contribution is 6.01. The summed E-state index contributed by atoms with van der Waals surface area (Å²) >= 11 is 0. The molecule has 120 valence electrons. The second-order valence-electron chi connectivity index (χ2n) is 4.86. The maximum absolute atomic E-state index is 14.3. The van der Waals surface area contributed by atoms with Crippen LogP contribution in [0.15, 0.2) is 47.6 Å². The molecule has 0 saturated heterocycles. The third-order valence-corrected chi connectivity index (χ3v) is 3.40. The number of benzene rings is 2. The van der Waals surface area contributed by atoms with E-state index >= 15 is 0 Å². The highest BCUT2D eigenvalue weighted by Gasteiger charge is 2.12. The van der Waals surface area contributed by atoms with E-state index in [1.54, 1.807) is 43.5 Å². The zero-order chi connectivity index (χ0) is 16.8. The summed E-state index contributed by atoms with van der Waals surface area (Å²) in [5.74, 6) is -0.820. The quantitative estimate of drug-likeness (QED) is 0.485. The van der Waals surface area contributed by atoms with Gasteiger partial charge in [0.1, 0.15) is 11.6 Å². The van der Waals surface area contributed by atoms with Gasteiger partial charge in [0.05, 0.1) is 19.2 Å². The van der Waals surface area contributed by atoms with Crippen molar-refractivity contribution in [1.82, 2.24) is 0 Å². The van der Waals surface area contributed by atoms with Crippen molar-refractivity contribution in [3.63, 3.8) is 0 Å². The van der Waals surface area contributed by atoms with Crippen LogP contribution in [-0.2, 0) is 4.79 Å². The summed E-state index contributed by atoms with van der Waals surface area (Å²) in [6.07, 6.45) is -0.172. The lowest BCUT2D eigenvalue weighted by atomic mass is 9.99. The topological polar surface area (TPSA) is 79.1 Å². The number of carboxylic acids is 1. The van der Waals surface area contributed by atoms with Crippen molar-refractivity contribution in [3.8, 4) is 16.9 Å². The van der Waals surface area contributed by atoms with Crippen LogP contribution in [0.3, 0.4) is 0 Å². The summed E-state index contributed by atoms with van der Waals surface area (Å²) in [5, 5.41) is 20.7. The van der Waals surface area contributed by atoms with Crippen molar-refractivity contribution in [2.45, 2.75) is 12.8 Å². The average Bonchev–Trinajstić information content (AvgIpc) is 2.55. The van der Waals surface area contributed by atoms with E-state index in [1.807, 2.05) is 0 Å². The third-order valence-electron chi connectivity index (χ3n) is 3.40. The van der Waals surface area contributed by atoms with Crippen molar-refractivity contribution in [3.05, 3.63) is 53.8 Å². The first-order valence-electron chi connectivity index (χ1n) is 6.92. The van der Waals surface area contributed by atoms with Crippen LogP contribution in [0.2, 0.25) is 0 Å². The Balaban J connectivity index is 2.27. The molecular weight excluding hydrogens is 301 g/mol. The maximum atomic E-state index is 14.3. The molecule has 0 radical (unpaired) electrons. The van der Waals surface area contributed by atoms with E-state index in [0.29, 0.717) is 22.4 Å². The van der Waals surface area contributed by atoms with Gasteiger partial charge in [-0.05, 0) is 23.8 Å². The van der Waals surface area contributed by atoms with Gasteiger partial charge in [-0.15, -0.1) is 0 Å². The molecule has 0 spiro atoms. The van der Waals surface area contributed by atoms with E-state index in [-0.39, 0.29) is 18.6 Å². The van der Waals surface area contributed by atoms with Gasteiger partial charge in [-0.2, -0.15) is 0 Å². The number of halogens is 1. The monoisotopic (exact) mass is 317 g/mol. The Bertz CT molecular complexity index is 726. The van der Waals surface area contributed by atoms with Crippen LogP contribution in [0.1, 0.15) is 18.4 Å². The summed E-state index contributed by atoms with van der Waals surface area (Å²) in [6, 6.07) is 11.3. The van der Waals surface area contributed by atoms with Gasteiger partial charge in [0, 0.05) is 17.5 Å². The molecule has 2 rings (SSSR count). The molecule has 0 aliphatic carbocycles. The van der Waals surface area contributed by atoms with Crippen LogP contribution in [0.4, 0.5) is 4.39 Å². The van der Waals surface area contributed by atoms with Crippen LogP contribution >= 0.6 is 0 Å². The van der Waals surface area contributed by atoms with Gasteiger partial charge in [0.2, 0.25) is 0 Å². The van der Waals surface area contributed by atoms with Crippen molar-refractivity contribution in [1.29, 1.82) is 0 Å². The van der Waals surface area contributed by atoms with Gasteiger partial charge in [-0.25, -0.2) is 4.39 Å². The zero-order valence-corrected chi connectivity index (χ0v) is 12.5. The van der Waals surface area contributed by atoms with Gasteiger partial charge in [-0.3, -0.25) is 4.79 Å². The minimum atomic E-state index is -1.01. The number of carboxylic acid groups (broad SMARTS) is 1.